The molecular weight excluding hydrogens is 309 g/mol. The van der Waals surface area contributed by atoms with Crippen molar-refractivity contribution in [2.45, 2.75) is 37.8 Å². The summed E-state index contributed by atoms with van der Waals surface area (Å²) in [7, 11) is -4.23. The number of tetrazole rings is 1. The van der Waals surface area contributed by atoms with E-state index >= 15 is 0 Å². The molecule has 3 atom stereocenters. The van der Waals surface area contributed by atoms with Crippen LogP contribution >= 0.6 is 7.60 Å². The molecule has 2 aromatic heterocycles. The van der Waals surface area contributed by atoms with Crippen LogP contribution in [-0.2, 0) is 4.57 Å². The van der Waals surface area contributed by atoms with E-state index in [1.807, 2.05) is 4.57 Å². The minimum Gasteiger partial charge on any atom is -0.353 e. The Bertz CT molecular complexity index is 667. The molecule has 3 heterocycles. The molecule has 0 saturated heterocycles. The molecule has 22 heavy (non-hydrogen) atoms. The molecule has 0 spiro atoms. The lowest BCUT2D eigenvalue weighted by Crippen LogP contribution is -2.35. The lowest BCUT2D eigenvalue weighted by Gasteiger charge is -2.35. The van der Waals surface area contributed by atoms with E-state index in [1.165, 1.54) is 0 Å². The molecule has 10 nitrogen and oxygen atoms in total. The minimum atomic E-state index is -4.23. The predicted molar refractivity (Wildman–Crippen MR) is 77.4 cm³/mol. The summed E-state index contributed by atoms with van der Waals surface area (Å²) in [5, 5.41) is 17.1. The highest BCUT2D eigenvalue weighted by atomic mass is 31.2. The second kappa shape index (κ2) is 5.79. The van der Waals surface area contributed by atoms with Crippen molar-refractivity contribution < 1.29 is 14.4 Å². The maximum atomic E-state index is 11.5. The van der Waals surface area contributed by atoms with Gasteiger partial charge in [-0.3, -0.25) is 4.57 Å². The van der Waals surface area contributed by atoms with Crippen molar-refractivity contribution in [3.8, 4) is 0 Å². The molecule has 3 unspecified atom stereocenters. The quantitative estimate of drug-likeness (QED) is 0.581. The average molecular weight is 327 g/mol. The third-order valence-corrected chi connectivity index (χ3v) is 4.84. The molecule has 11 heteroatoms. The summed E-state index contributed by atoms with van der Waals surface area (Å²) in [6.07, 6.45) is 4.73. The number of nitrogens with one attached hydrogen (secondary N) is 2. The Morgan fingerprint density at radius 1 is 1.55 bits per heavy atom. The van der Waals surface area contributed by atoms with Crippen molar-refractivity contribution in [2.75, 3.05) is 11.5 Å². The van der Waals surface area contributed by atoms with Gasteiger partial charge in [-0.15, -0.1) is 10.2 Å². The van der Waals surface area contributed by atoms with Crippen LogP contribution in [0.15, 0.2) is 12.4 Å². The zero-order valence-corrected chi connectivity index (χ0v) is 12.9. The third kappa shape index (κ3) is 3.03. The van der Waals surface area contributed by atoms with E-state index in [0.29, 0.717) is 18.2 Å². The van der Waals surface area contributed by atoms with Crippen molar-refractivity contribution >= 4 is 13.5 Å². The van der Waals surface area contributed by atoms with Gasteiger partial charge >= 0.3 is 7.60 Å². The number of aromatic amines is 1. The van der Waals surface area contributed by atoms with Gasteiger partial charge in [0.1, 0.15) is 0 Å². The first-order valence-electron chi connectivity index (χ1n) is 7.05. The van der Waals surface area contributed by atoms with Gasteiger partial charge in [-0.1, -0.05) is 12.1 Å². The van der Waals surface area contributed by atoms with Crippen molar-refractivity contribution in [1.29, 1.82) is 0 Å². The number of rotatable bonds is 5. The Balaban J connectivity index is 1.99. The Hall–Kier alpha value is -1.77. The van der Waals surface area contributed by atoms with E-state index < -0.39 is 13.5 Å². The highest BCUT2D eigenvalue weighted by Gasteiger charge is 2.38. The number of hydrogen-bond donors (Lipinski definition) is 4. The van der Waals surface area contributed by atoms with Crippen LogP contribution in [0.4, 0.5) is 5.95 Å². The van der Waals surface area contributed by atoms with Crippen molar-refractivity contribution in [3.05, 3.63) is 18.2 Å². The van der Waals surface area contributed by atoms with Gasteiger partial charge in [0, 0.05) is 24.5 Å². The second-order valence-corrected chi connectivity index (χ2v) is 7.13. The molecule has 0 aliphatic carbocycles. The summed E-state index contributed by atoms with van der Waals surface area (Å²) < 4.78 is 13.4. The van der Waals surface area contributed by atoms with E-state index in [2.05, 4.69) is 37.8 Å². The Labute approximate surface area is 126 Å². The largest absolute Gasteiger partial charge is 0.353 e. The van der Waals surface area contributed by atoms with Crippen molar-refractivity contribution in [3.63, 3.8) is 0 Å². The number of hydrogen-bond acceptors (Lipinski definition) is 6. The Morgan fingerprint density at radius 2 is 2.36 bits per heavy atom. The van der Waals surface area contributed by atoms with Crippen LogP contribution < -0.4 is 5.32 Å². The fourth-order valence-electron chi connectivity index (χ4n) is 2.92. The van der Waals surface area contributed by atoms with Crippen LogP contribution in [0.3, 0.4) is 0 Å². The van der Waals surface area contributed by atoms with Crippen LogP contribution in [0.2, 0.25) is 0 Å². The number of nitrogens with zero attached hydrogens (tertiary/aromatic N) is 5. The lowest BCUT2D eigenvalue weighted by molar-refractivity contribution is 0.322. The molecule has 3 rings (SSSR count). The molecular formula is C11H18N7O3P. The Morgan fingerprint density at radius 3 is 3.00 bits per heavy atom. The highest BCUT2D eigenvalue weighted by Crippen LogP contribution is 2.46. The number of anilines is 1. The third-order valence-electron chi connectivity index (χ3n) is 3.97. The van der Waals surface area contributed by atoms with Crippen molar-refractivity contribution in [1.82, 2.24) is 30.2 Å². The van der Waals surface area contributed by atoms with Crippen molar-refractivity contribution in [2.24, 2.45) is 0 Å². The fraction of sp³-hybridized carbons (Fsp3) is 0.636. The number of H-pyrrole nitrogens is 1. The molecule has 0 bridgehead atoms. The first-order valence-corrected chi connectivity index (χ1v) is 8.85. The summed E-state index contributed by atoms with van der Waals surface area (Å²) in [6.45, 7) is 2.06. The van der Waals surface area contributed by atoms with E-state index in [9.17, 15) is 14.4 Å². The molecule has 0 saturated carbocycles. The number of fused-ring (bicyclic) bond motifs is 1. The zero-order valence-electron chi connectivity index (χ0n) is 12.0. The predicted octanol–water partition coefficient (Wildman–Crippen LogP) is 0.493. The summed E-state index contributed by atoms with van der Waals surface area (Å²) >= 11 is 0. The van der Waals surface area contributed by atoms with Gasteiger partial charge in [-0.05, 0) is 12.8 Å². The standard InChI is InChI=1S/C11H18N7O3P/c1-2-7-5-9(18-4-3-12-11(18)13-7)8(6-22(19,20)21)10-14-16-17-15-10/h3-4,7-9H,2,5-6H2,1H3,(H,12,13)(H2,19,20,21)(H,14,15,16,17). The van der Waals surface area contributed by atoms with Gasteiger partial charge in [0.2, 0.25) is 5.95 Å². The van der Waals surface area contributed by atoms with Gasteiger partial charge in [0.15, 0.2) is 5.82 Å². The van der Waals surface area contributed by atoms with E-state index in [4.69, 9.17) is 0 Å². The molecule has 1 aliphatic rings. The molecule has 0 aromatic carbocycles. The molecule has 1 aliphatic heterocycles. The van der Waals surface area contributed by atoms with Gasteiger partial charge < -0.3 is 19.7 Å². The summed E-state index contributed by atoms with van der Waals surface area (Å²) in [5.41, 5.74) is 0. The smallest absolute Gasteiger partial charge is 0.326 e. The molecule has 0 fully saturated rings. The minimum absolute atomic E-state index is 0.186. The summed E-state index contributed by atoms with van der Waals surface area (Å²) in [5.74, 6) is 0.468. The topological polar surface area (TPSA) is 142 Å². The van der Waals surface area contributed by atoms with Crippen LogP contribution in [0, 0.1) is 0 Å². The van der Waals surface area contributed by atoms with E-state index in [-0.39, 0.29) is 18.2 Å². The second-order valence-electron chi connectivity index (χ2n) is 5.43. The molecule has 120 valence electrons. The van der Waals surface area contributed by atoms with E-state index in [0.717, 1.165) is 6.42 Å². The SMILES string of the molecule is CCC1CC(C(CP(=O)(O)O)c2nn[nH]n2)n2ccnc2N1. The molecule has 2 aromatic rings. The van der Waals surface area contributed by atoms with Crippen LogP contribution in [0.5, 0.6) is 0 Å². The summed E-state index contributed by atoms with van der Waals surface area (Å²) in [6, 6.07) is -0.00000268. The molecule has 0 radical (unpaired) electrons. The van der Waals surface area contributed by atoms with Gasteiger partial charge in [0.25, 0.3) is 0 Å². The van der Waals surface area contributed by atoms with Gasteiger partial charge in [-0.25, -0.2) is 4.98 Å². The fourth-order valence-corrected chi connectivity index (χ4v) is 3.84. The molecule has 4 N–H and O–H groups in total. The number of aromatic nitrogens is 6. The first-order chi connectivity index (χ1) is 10.5. The average Bonchev–Trinajstić information content (AvgIpc) is 3.13. The monoisotopic (exact) mass is 327 g/mol. The van der Waals surface area contributed by atoms with Crippen LogP contribution in [0.1, 0.15) is 37.5 Å². The normalized spacial score (nSPS) is 22.9. The highest BCUT2D eigenvalue weighted by molar-refractivity contribution is 7.51. The first kappa shape index (κ1) is 15.1. The maximum Gasteiger partial charge on any atom is 0.326 e. The van der Waals surface area contributed by atoms with Gasteiger partial charge in [0.05, 0.1) is 12.1 Å². The molecule has 0 amide bonds. The van der Waals surface area contributed by atoms with Crippen LogP contribution in [0.25, 0.3) is 0 Å². The Kier molecular flexibility index (Phi) is 3.98. The maximum absolute atomic E-state index is 11.5. The van der Waals surface area contributed by atoms with E-state index in [1.54, 1.807) is 12.4 Å². The van der Waals surface area contributed by atoms with Crippen LogP contribution in [-0.4, -0.2) is 52.2 Å². The number of imidazole rings is 1. The lowest BCUT2D eigenvalue weighted by atomic mass is 9.91. The van der Waals surface area contributed by atoms with Gasteiger partial charge in [-0.2, -0.15) is 5.21 Å². The summed E-state index contributed by atoms with van der Waals surface area (Å²) in [4.78, 5) is 23.1. The zero-order chi connectivity index (χ0) is 15.7.